The van der Waals surface area contributed by atoms with Crippen LogP contribution >= 0.6 is 0 Å². The second-order valence-corrected chi connectivity index (χ2v) is 7.93. The standard InChI is InChI=1S/C20H28N4O4/c1-20(26)7-8-24(12-20)19(25)23-16-11-21-17-14(13-5-9-28-10-6-13)3-4-15(27-2)18(17)22-16/h3-4,11,13,19,25-26H,5-10,12H2,1-2H3,(H,22,23)/t19?,20-/m0/s1. The van der Waals surface area contributed by atoms with Gasteiger partial charge in [-0.15, -0.1) is 0 Å². The van der Waals surface area contributed by atoms with Gasteiger partial charge in [-0.3, -0.25) is 9.88 Å². The summed E-state index contributed by atoms with van der Waals surface area (Å²) in [4.78, 5) is 11.1. The van der Waals surface area contributed by atoms with Gasteiger partial charge >= 0.3 is 0 Å². The molecule has 2 saturated heterocycles. The third-order valence-corrected chi connectivity index (χ3v) is 5.68. The van der Waals surface area contributed by atoms with Crippen LogP contribution in [0, 0.1) is 0 Å². The van der Waals surface area contributed by atoms with Crippen molar-refractivity contribution in [2.45, 2.75) is 44.1 Å². The van der Waals surface area contributed by atoms with Crippen molar-refractivity contribution in [1.29, 1.82) is 0 Å². The summed E-state index contributed by atoms with van der Waals surface area (Å²) in [5.74, 6) is 1.52. The van der Waals surface area contributed by atoms with Crippen molar-refractivity contribution in [3.05, 3.63) is 23.9 Å². The van der Waals surface area contributed by atoms with Gasteiger partial charge in [0.25, 0.3) is 0 Å². The molecule has 2 fully saturated rings. The van der Waals surface area contributed by atoms with E-state index >= 15 is 0 Å². The van der Waals surface area contributed by atoms with Crippen LogP contribution < -0.4 is 10.1 Å². The molecule has 0 radical (unpaired) electrons. The number of hydrogen-bond acceptors (Lipinski definition) is 8. The number of aliphatic hydroxyl groups excluding tert-OH is 1. The highest BCUT2D eigenvalue weighted by atomic mass is 16.5. The van der Waals surface area contributed by atoms with Crippen LogP contribution in [0.2, 0.25) is 0 Å². The second kappa shape index (κ2) is 7.79. The third-order valence-electron chi connectivity index (χ3n) is 5.68. The number of fused-ring (bicyclic) bond motifs is 1. The molecule has 2 atom stereocenters. The first-order chi connectivity index (χ1) is 13.5. The third kappa shape index (κ3) is 3.91. The number of β-amino-alcohol motifs (C(OH)–C–C–N with tert-alkyl or cyclic N) is 1. The molecule has 0 saturated carbocycles. The molecule has 2 aliphatic heterocycles. The lowest BCUT2D eigenvalue weighted by Gasteiger charge is -2.26. The number of benzene rings is 1. The minimum Gasteiger partial charge on any atom is -0.494 e. The van der Waals surface area contributed by atoms with Crippen LogP contribution in [0.4, 0.5) is 5.82 Å². The second-order valence-electron chi connectivity index (χ2n) is 7.93. The largest absolute Gasteiger partial charge is 0.494 e. The normalized spacial score (nSPS) is 25.1. The maximum absolute atomic E-state index is 10.5. The number of anilines is 1. The van der Waals surface area contributed by atoms with Gasteiger partial charge in [0.1, 0.15) is 17.1 Å². The van der Waals surface area contributed by atoms with Crippen LogP contribution in [0.5, 0.6) is 5.75 Å². The number of ether oxygens (including phenoxy) is 2. The average molecular weight is 388 g/mol. The number of hydrogen-bond donors (Lipinski definition) is 3. The van der Waals surface area contributed by atoms with Crippen molar-refractivity contribution in [1.82, 2.24) is 14.9 Å². The van der Waals surface area contributed by atoms with Crippen molar-refractivity contribution in [3.8, 4) is 5.75 Å². The summed E-state index contributed by atoms with van der Waals surface area (Å²) in [6, 6.07) is 4.00. The number of aromatic nitrogens is 2. The van der Waals surface area contributed by atoms with Gasteiger partial charge in [0.05, 0.1) is 24.4 Å². The number of methoxy groups -OCH3 is 1. The zero-order valence-corrected chi connectivity index (χ0v) is 16.4. The monoisotopic (exact) mass is 388 g/mol. The van der Waals surface area contributed by atoms with Gasteiger partial charge in [0.2, 0.25) is 0 Å². The summed E-state index contributed by atoms with van der Waals surface area (Å²) in [5.41, 5.74) is 1.89. The van der Waals surface area contributed by atoms with E-state index in [2.05, 4.69) is 21.4 Å². The smallest absolute Gasteiger partial charge is 0.185 e. The molecule has 2 aromatic rings. The summed E-state index contributed by atoms with van der Waals surface area (Å²) in [7, 11) is 1.62. The Hall–Kier alpha value is -2.00. The Kier molecular flexibility index (Phi) is 5.37. The molecular formula is C20H28N4O4. The quantitative estimate of drug-likeness (QED) is 0.666. The number of aliphatic hydroxyl groups is 2. The number of likely N-dealkylation sites (tertiary alicyclic amines) is 1. The van der Waals surface area contributed by atoms with E-state index in [-0.39, 0.29) is 0 Å². The van der Waals surface area contributed by atoms with E-state index in [1.807, 2.05) is 6.07 Å². The maximum Gasteiger partial charge on any atom is 0.185 e. The molecule has 28 heavy (non-hydrogen) atoms. The highest BCUT2D eigenvalue weighted by Crippen LogP contribution is 2.35. The Morgan fingerprint density at radius 1 is 1.32 bits per heavy atom. The molecule has 8 nitrogen and oxygen atoms in total. The van der Waals surface area contributed by atoms with Crippen LogP contribution in [0.15, 0.2) is 18.3 Å². The lowest BCUT2D eigenvalue weighted by atomic mass is 9.90. The first-order valence-corrected chi connectivity index (χ1v) is 9.79. The van der Waals surface area contributed by atoms with Gasteiger partial charge in [-0.05, 0) is 43.7 Å². The highest BCUT2D eigenvalue weighted by Gasteiger charge is 2.34. The van der Waals surface area contributed by atoms with Gasteiger partial charge in [0, 0.05) is 26.3 Å². The Balaban J connectivity index is 1.60. The van der Waals surface area contributed by atoms with Crippen molar-refractivity contribution < 1.29 is 19.7 Å². The minimum absolute atomic E-state index is 0.396. The van der Waals surface area contributed by atoms with Gasteiger partial charge in [0.15, 0.2) is 6.35 Å². The predicted molar refractivity (Wildman–Crippen MR) is 105 cm³/mol. The SMILES string of the molecule is COc1ccc(C2CCOCC2)c2ncc(NC(O)N3CC[C@](C)(O)C3)nc12. The number of nitrogens with one attached hydrogen (secondary N) is 1. The molecule has 1 unspecified atom stereocenters. The zero-order chi connectivity index (χ0) is 19.7. The highest BCUT2D eigenvalue weighted by molar-refractivity contribution is 5.85. The average Bonchev–Trinajstić information content (AvgIpc) is 3.07. The fourth-order valence-corrected chi connectivity index (χ4v) is 4.08. The molecule has 0 bridgehead atoms. The molecule has 2 aliphatic rings. The van der Waals surface area contributed by atoms with E-state index in [4.69, 9.17) is 9.47 Å². The van der Waals surface area contributed by atoms with Gasteiger partial charge in [-0.25, -0.2) is 4.98 Å². The molecule has 152 valence electrons. The molecule has 0 amide bonds. The molecule has 0 aliphatic carbocycles. The lowest BCUT2D eigenvalue weighted by molar-refractivity contribution is 0.0110. The maximum atomic E-state index is 10.5. The Morgan fingerprint density at radius 2 is 2.11 bits per heavy atom. The predicted octanol–water partition coefficient (Wildman–Crippen LogP) is 1.68. The van der Waals surface area contributed by atoms with E-state index in [1.54, 1.807) is 25.1 Å². The van der Waals surface area contributed by atoms with E-state index in [0.29, 0.717) is 42.5 Å². The molecule has 4 rings (SSSR count). The molecule has 3 N–H and O–H groups in total. The topological polar surface area (TPSA) is 100.0 Å². The molecule has 0 spiro atoms. The van der Waals surface area contributed by atoms with E-state index in [0.717, 1.165) is 37.1 Å². The van der Waals surface area contributed by atoms with Crippen molar-refractivity contribution in [3.63, 3.8) is 0 Å². The summed E-state index contributed by atoms with van der Waals surface area (Å²) in [6.45, 7) is 4.31. The molecular weight excluding hydrogens is 360 g/mol. The van der Waals surface area contributed by atoms with Gasteiger partial charge < -0.3 is 25.0 Å². The summed E-state index contributed by atoms with van der Waals surface area (Å²) >= 11 is 0. The molecule has 1 aromatic heterocycles. The fraction of sp³-hybridized carbons (Fsp3) is 0.600. The van der Waals surface area contributed by atoms with E-state index < -0.39 is 12.0 Å². The minimum atomic E-state index is -0.939. The Labute approximate surface area is 164 Å². The number of rotatable bonds is 5. The molecule has 8 heteroatoms. The first-order valence-electron chi connectivity index (χ1n) is 9.79. The first kappa shape index (κ1) is 19.3. The molecule has 3 heterocycles. The number of nitrogens with zero attached hydrogens (tertiary/aromatic N) is 3. The zero-order valence-electron chi connectivity index (χ0n) is 16.4. The van der Waals surface area contributed by atoms with Crippen LogP contribution in [-0.4, -0.2) is 70.4 Å². The van der Waals surface area contributed by atoms with Crippen LogP contribution in [0.3, 0.4) is 0 Å². The van der Waals surface area contributed by atoms with E-state index in [9.17, 15) is 10.2 Å². The summed E-state index contributed by atoms with van der Waals surface area (Å²) in [5, 5.41) is 23.6. The van der Waals surface area contributed by atoms with Crippen LogP contribution in [0.25, 0.3) is 11.0 Å². The molecule has 1 aromatic carbocycles. The Morgan fingerprint density at radius 3 is 2.79 bits per heavy atom. The summed E-state index contributed by atoms with van der Waals surface area (Å²) in [6.07, 6.45) is 3.26. The fourth-order valence-electron chi connectivity index (χ4n) is 4.08. The summed E-state index contributed by atoms with van der Waals surface area (Å²) < 4.78 is 11.0. The van der Waals surface area contributed by atoms with E-state index in [1.165, 1.54) is 0 Å². The van der Waals surface area contributed by atoms with Gasteiger partial charge in [-0.1, -0.05) is 6.07 Å². The Bertz CT molecular complexity index is 838. The van der Waals surface area contributed by atoms with Crippen molar-refractivity contribution in [2.24, 2.45) is 0 Å². The van der Waals surface area contributed by atoms with Crippen LogP contribution in [0.1, 0.15) is 37.7 Å². The van der Waals surface area contributed by atoms with Crippen molar-refractivity contribution >= 4 is 16.9 Å². The van der Waals surface area contributed by atoms with Crippen LogP contribution in [-0.2, 0) is 4.74 Å². The van der Waals surface area contributed by atoms with Crippen molar-refractivity contribution in [2.75, 3.05) is 38.7 Å². The lowest BCUT2D eigenvalue weighted by Crippen LogP contribution is -2.41. The van der Waals surface area contributed by atoms with Gasteiger partial charge in [-0.2, -0.15) is 0 Å².